The lowest BCUT2D eigenvalue weighted by Gasteiger charge is -2.57. The molecule has 0 saturated heterocycles. The van der Waals surface area contributed by atoms with Crippen molar-refractivity contribution in [3.05, 3.63) is 127 Å². The molecule has 0 atom stereocenters. The van der Waals surface area contributed by atoms with Crippen LogP contribution in [0.5, 0.6) is 0 Å². The third-order valence-corrected chi connectivity index (χ3v) is 11.0. The van der Waals surface area contributed by atoms with E-state index >= 15 is 0 Å². The lowest BCUT2D eigenvalue weighted by molar-refractivity contribution is -0.00518. The van der Waals surface area contributed by atoms with E-state index in [9.17, 15) is 0 Å². The van der Waals surface area contributed by atoms with Crippen LogP contribution in [0.4, 0.5) is 17.1 Å². The van der Waals surface area contributed by atoms with Gasteiger partial charge in [-0.3, -0.25) is 0 Å². The van der Waals surface area contributed by atoms with Gasteiger partial charge in [-0.25, -0.2) is 0 Å². The molecule has 0 aliphatic heterocycles. The summed E-state index contributed by atoms with van der Waals surface area (Å²) >= 11 is 0. The summed E-state index contributed by atoms with van der Waals surface area (Å²) in [4.78, 5) is 5.76. The molecule has 2 aromatic heterocycles. The van der Waals surface area contributed by atoms with Crippen molar-refractivity contribution in [2.75, 3.05) is 4.90 Å². The monoisotopic (exact) mass is 613 g/mol. The minimum atomic E-state index is 0.377. The Kier molecular flexibility index (Phi) is 5.92. The standard InChI is InChI=1S/C40H35N7/c1-2-6-37-36(5-1)41-46(42-37)34-17-13-32(14-18-34)45(33-15-19-35(20-16-33)47-43-38-7-3-4-8-39(38)44-47)31-11-9-30(10-12-31)40-24-27-21-28(25-40)23-29(22-27)26-40/h1-20,27-29H,21-26H2. The molecule has 7 nitrogen and oxygen atoms in total. The SMILES string of the molecule is c1ccc2nn(-c3ccc(N(c4ccc(-n5nc6ccccc6n5)cc4)c4ccc(C56CC7CC(CC(C7)C5)C6)cc4)cc3)nc2c1. The van der Waals surface area contributed by atoms with Gasteiger partial charge in [-0.1, -0.05) is 36.4 Å². The molecule has 0 unspecified atom stereocenters. The topological polar surface area (TPSA) is 64.7 Å². The summed E-state index contributed by atoms with van der Waals surface area (Å²) in [6.07, 6.45) is 8.51. The van der Waals surface area contributed by atoms with Crippen molar-refractivity contribution in [1.29, 1.82) is 0 Å². The number of rotatable bonds is 6. The Morgan fingerprint density at radius 1 is 0.447 bits per heavy atom. The Morgan fingerprint density at radius 2 is 0.787 bits per heavy atom. The fourth-order valence-electron chi connectivity index (χ4n) is 9.30. The maximum atomic E-state index is 4.69. The van der Waals surface area contributed by atoms with E-state index in [-0.39, 0.29) is 0 Å². The van der Waals surface area contributed by atoms with Crippen LogP contribution < -0.4 is 4.90 Å². The van der Waals surface area contributed by atoms with Crippen molar-refractivity contribution in [2.45, 2.75) is 43.9 Å². The average Bonchev–Trinajstić information content (AvgIpc) is 3.74. The highest BCUT2D eigenvalue weighted by Gasteiger charge is 2.51. The Balaban J connectivity index is 1.01. The third-order valence-electron chi connectivity index (χ3n) is 11.0. The van der Waals surface area contributed by atoms with E-state index in [0.717, 1.165) is 68.3 Å². The van der Waals surface area contributed by atoms with Gasteiger partial charge in [-0.05, 0) is 152 Å². The van der Waals surface area contributed by atoms with Crippen LogP contribution in [0.15, 0.2) is 121 Å². The van der Waals surface area contributed by atoms with Gasteiger partial charge in [0.25, 0.3) is 0 Å². The van der Waals surface area contributed by atoms with E-state index in [1.54, 1.807) is 15.2 Å². The molecule has 4 saturated carbocycles. The van der Waals surface area contributed by atoms with Crippen LogP contribution in [0.2, 0.25) is 0 Å². The Bertz CT molecular complexity index is 2010. The minimum Gasteiger partial charge on any atom is -0.311 e. The van der Waals surface area contributed by atoms with Crippen LogP contribution in [-0.2, 0) is 5.41 Å². The van der Waals surface area contributed by atoms with Gasteiger partial charge in [0.15, 0.2) is 0 Å². The zero-order chi connectivity index (χ0) is 31.0. The Morgan fingerprint density at radius 3 is 1.15 bits per heavy atom. The molecule has 0 amide bonds. The molecule has 4 aliphatic carbocycles. The van der Waals surface area contributed by atoms with Crippen LogP contribution >= 0.6 is 0 Å². The molecule has 7 aromatic rings. The predicted octanol–water partition coefficient (Wildman–Crippen LogP) is 9.09. The Hall–Kier alpha value is -5.30. The second kappa shape index (κ2) is 10.4. The van der Waals surface area contributed by atoms with Crippen LogP contribution in [0.3, 0.4) is 0 Å². The zero-order valence-corrected chi connectivity index (χ0v) is 26.2. The lowest BCUT2D eigenvalue weighted by Crippen LogP contribution is -2.48. The molecular weight excluding hydrogens is 578 g/mol. The minimum absolute atomic E-state index is 0.377. The second-order valence-electron chi connectivity index (χ2n) is 14.1. The number of anilines is 3. The molecule has 230 valence electrons. The number of fused-ring (bicyclic) bond motifs is 2. The fourth-order valence-corrected chi connectivity index (χ4v) is 9.30. The molecule has 0 N–H and O–H groups in total. The summed E-state index contributed by atoms with van der Waals surface area (Å²) in [5, 5.41) is 18.8. The summed E-state index contributed by atoms with van der Waals surface area (Å²) in [6, 6.07) is 42.5. The first-order valence-electron chi connectivity index (χ1n) is 16.9. The van der Waals surface area contributed by atoms with Gasteiger partial charge in [0.2, 0.25) is 0 Å². The van der Waals surface area contributed by atoms with Crippen LogP contribution in [0.25, 0.3) is 33.4 Å². The highest BCUT2D eigenvalue weighted by molar-refractivity contribution is 5.78. The molecule has 4 aliphatic rings. The zero-order valence-electron chi connectivity index (χ0n) is 26.2. The number of hydrogen-bond acceptors (Lipinski definition) is 5. The summed E-state index contributed by atoms with van der Waals surface area (Å²) < 4.78 is 0. The van der Waals surface area contributed by atoms with Crippen LogP contribution in [-0.4, -0.2) is 30.0 Å². The molecule has 2 heterocycles. The number of hydrogen-bond donors (Lipinski definition) is 0. The first-order chi connectivity index (χ1) is 23.2. The van der Waals surface area contributed by atoms with Crippen LogP contribution in [0, 0.1) is 17.8 Å². The predicted molar refractivity (Wildman–Crippen MR) is 186 cm³/mol. The largest absolute Gasteiger partial charge is 0.311 e. The van der Waals surface area contributed by atoms with Crippen molar-refractivity contribution >= 4 is 39.1 Å². The van der Waals surface area contributed by atoms with E-state index in [1.165, 1.54) is 38.5 Å². The summed E-state index contributed by atoms with van der Waals surface area (Å²) in [7, 11) is 0. The first kappa shape index (κ1) is 26.9. The third kappa shape index (κ3) is 4.55. The van der Waals surface area contributed by atoms with E-state index in [1.807, 2.05) is 48.5 Å². The van der Waals surface area contributed by atoms with Gasteiger partial charge < -0.3 is 4.90 Å². The first-order valence-corrected chi connectivity index (χ1v) is 16.9. The Labute approximate surface area is 273 Å². The molecule has 47 heavy (non-hydrogen) atoms. The average molecular weight is 614 g/mol. The summed E-state index contributed by atoms with van der Waals surface area (Å²) in [5.74, 6) is 2.79. The van der Waals surface area contributed by atoms with Gasteiger partial charge in [0.05, 0.1) is 11.4 Å². The number of nitrogens with zero attached hydrogens (tertiary/aromatic N) is 7. The smallest absolute Gasteiger partial charge is 0.113 e. The quantitative estimate of drug-likeness (QED) is 0.187. The van der Waals surface area contributed by atoms with Crippen molar-refractivity contribution in [3.8, 4) is 11.4 Å². The molecular formula is C40H35N7. The van der Waals surface area contributed by atoms with E-state index in [4.69, 9.17) is 20.4 Å². The van der Waals surface area contributed by atoms with Gasteiger partial charge in [-0.2, -0.15) is 9.59 Å². The van der Waals surface area contributed by atoms with Crippen molar-refractivity contribution < 1.29 is 0 Å². The van der Waals surface area contributed by atoms with Crippen molar-refractivity contribution in [3.63, 3.8) is 0 Å². The van der Waals surface area contributed by atoms with Gasteiger partial charge in [-0.15, -0.1) is 20.4 Å². The summed E-state index contributed by atoms with van der Waals surface area (Å²) in [5.41, 5.74) is 10.6. The number of aromatic nitrogens is 6. The van der Waals surface area contributed by atoms with Crippen molar-refractivity contribution in [1.82, 2.24) is 30.0 Å². The van der Waals surface area contributed by atoms with E-state index in [2.05, 4.69) is 77.7 Å². The molecule has 11 rings (SSSR count). The fraction of sp³-hybridized carbons (Fsp3) is 0.250. The molecule has 0 radical (unpaired) electrons. The number of benzene rings is 5. The van der Waals surface area contributed by atoms with Crippen molar-refractivity contribution in [2.24, 2.45) is 17.8 Å². The maximum absolute atomic E-state index is 4.69. The molecule has 0 spiro atoms. The van der Waals surface area contributed by atoms with Gasteiger partial charge in [0, 0.05) is 17.1 Å². The van der Waals surface area contributed by atoms with Gasteiger partial charge in [0.1, 0.15) is 22.1 Å². The molecule has 4 fully saturated rings. The summed E-state index contributed by atoms with van der Waals surface area (Å²) in [6.45, 7) is 0. The van der Waals surface area contributed by atoms with E-state index in [0.29, 0.717) is 5.41 Å². The molecule has 7 heteroatoms. The highest BCUT2D eigenvalue weighted by Crippen LogP contribution is 2.60. The second-order valence-corrected chi connectivity index (χ2v) is 14.1. The maximum Gasteiger partial charge on any atom is 0.113 e. The van der Waals surface area contributed by atoms with Gasteiger partial charge >= 0.3 is 0 Å². The molecule has 4 bridgehead atoms. The highest BCUT2D eigenvalue weighted by atomic mass is 15.5. The van der Waals surface area contributed by atoms with E-state index < -0.39 is 0 Å². The normalized spacial score (nSPS) is 23.1. The lowest BCUT2D eigenvalue weighted by atomic mass is 9.48. The van der Waals surface area contributed by atoms with Crippen LogP contribution in [0.1, 0.15) is 44.1 Å². The molecule has 5 aromatic carbocycles.